The summed E-state index contributed by atoms with van der Waals surface area (Å²) in [6, 6.07) is 9.86. The molecule has 0 saturated carbocycles. The molecule has 1 aliphatic heterocycles. The van der Waals surface area contributed by atoms with E-state index < -0.39 is 0 Å². The number of phenols is 3. The predicted octanol–water partition coefficient (Wildman–Crippen LogP) is 2.49. The predicted molar refractivity (Wildman–Crippen MR) is 85.1 cm³/mol. The molecule has 0 bridgehead atoms. The zero-order chi connectivity index (χ0) is 14.8. The molecular formula is C16H18ClNO4. The number of aromatic hydroxyl groups is 3. The van der Waals surface area contributed by atoms with Crippen LogP contribution in [0.25, 0.3) is 0 Å². The zero-order valence-electron chi connectivity index (χ0n) is 11.8. The van der Waals surface area contributed by atoms with E-state index in [9.17, 15) is 15.3 Å². The molecule has 1 aliphatic rings. The van der Waals surface area contributed by atoms with Crippen LogP contribution in [0.2, 0.25) is 0 Å². The molecule has 5 nitrogen and oxygen atoms in total. The molecule has 0 spiro atoms. The van der Waals surface area contributed by atoms with E-state index in [0.717, 1.165) is 24.1 Å². The minimum Gasteiger partial charge on any atom is -0.504 e. The van der Waals surface area contributed by atoms with E-state index in [2.05, 4.69) is 5.32 Å². The average molecular weight is 324 g/mol. The van der Waals surface area contributed by atoms with Crippen LogP contribution < -0.4 is 10.1 Å². The normalized spacial score (nSPS) is 16.5. The SMILES string of the molecule is Cl.Oc1cc2c(cc1O)C(COc1ccccc1O)NCC2. The zero-order valence-corrected chi connectivity index (χ0v) is 12.6. The van der Waals surface area contributed by atoms with Gasteiger partial charge in [-0.05, 0) is 48.4 Å². The van der Waals surface area contributed by atoms with Gasteiger partial charge in [0.15, 0.2) is 23.0 Å². The van der Waals surface area contributed by atoms with E-state index in [1.165, 1.54) is 0 Å². The van der Waals surface area contributed by atoms with E-state index in [-0.39, 0.29) is 35.7 Å². The summed E-state index contributed by atoms with van der Waals surface area (Å²) in [5.41, 5.74) is 1.90. The van der Waals surface area contributed by atoms with Crippen LogP contribution in [-0.2, 0) is 6.42 Å². The molecule has 3 rings (SSSR count). The van der Waals surface area contributed by atoms with Crippen molar-refractivity contribution < 1.29 is 20.1 Å². The summed E-state index contributed by atoms with van der Waals surface area (Å²) in [6.45, 7) is 1.10. The summed E-state index contributed by atoms with van der Waals surface area (Å²) in [5, 5.41) is 32.2. The van der Waals surface area contributed by atoms with Crippen molar-refractivity contribution in [2.75, 3.05) is 13.2 Å². The van der Waals surface area contributed by atoms with Crippen molar-refractivity contribution in [3.63, 3.8) is 0 Å². The fourth-order valence-electron chi connectivity index (χ4n) is 2.57. The van der Waals surface area contributed by atoms with Gasteiger partial charge >= 0.3 is 0 Å². The van der Waals surface area contributed by atoms with Gasteiger partial charge in [0.05, 0.1) is 6.04 Å². The fourth-order valence-corrected chi connectivity index (χ4v) is 2.57. The molecule has 1 atom stereocenters. The molecule has 0 saturated heterocycles. The first-order chi connectivity index (χ1) is 10.1. The van der Waals surface area contributed by atoms with E-state index in [1.54, 1.807) is 36.4 Å². The van der Waals surface area contributed by atoms with Crippen LogP contribution in [0.1, 0.15) is 17.2 Å². The minimum absolute atomic E-state index is 0. The Kier molecular flexibility index (Phi) is 5.00. The number of benzene rings is 2. The fraction of sp³-hybridized carbons (Fsp3) is 0.250. The first-order valence-corrected chi connectivity index (χ1v) is 6.84. The summed E-state index contributed by atoms with van der Waals surface area (Å²) >= 11 is 0. The smallest absolute Gasteiger partial charge is 0.161 e. The number of hydrogen-bond donors (Lipinski definition) is 4. The van der Waals surface area contributed by atoms with Crippen LogP contribution in [0.15, 0.2) is 36.4 Å². The van der Waals surface area contributed by atoms with Crippen molar-refractivity contribution in [2.24, 2.45) is 0 Å². The van der Waals surface area contributed by atoms with Crippen molar-refractivity contribution in [1.29, 1.82) is 0 Å². The molecule has 1 unspecified atom stereocenters. The van der Waals surface area contributed by atoms with Crippen LogP contribution in [0.3, 0.4) is 0 Å². The molecule has 0 aliphatic carbocycles. The van der Waals surface area contributed by atoms with Gasteiger partial charge in [0.2, 0.25) is 0 Å². The van der Waals surface area contributed by atoms with E-state index in [0.29, 0.717) is 12.4 Å². The van der Waals surface area contributed by atoms with E-state index in [1.807, 2.05) is 0 Å². The van der Waals surface area contributed by atoms with Crippen LogP contribution >= 0.6 is 12.4 Å². The van der Waals surface area contributed by atoms with Crippen molar-refractivity contribution in [3.8, 4) is 23.0 Å². The number of fused-ring (bicyclic) bond motifs is 1. The van der Waals surface area contributed by atoms with E-state index >= 15 is 0 Å². The van der Waals surface area contributed by atoms with Gasteiger partial charge in [0.25, 0.3) is 0 Å². The van der Waals surface area contributed by atoms with Gasteiger partial charge in [-0.1, -0.05) is 12.1 Å². The molecular weight excluding hydrogens is 306 g/mol. The number of nitrogens with one attached hydrogen (secondary N) is 1. The molecule has 4 N–H and O–H groups in total. The van der Waals surface area contributed by atoms with Gasteiger partial charge in [-0.25, -0.2) is 0 Å². The second-order valence-electron chi connectivity index (χ2n) is 5.08. The molecule has 2 aromatic rings. The average Bonchev–Trinajstić information content (AvgIpc) is 2.48. The van der Waals surface area contributed by atoms with Gasteiger partial charge in [-0.15, -0.1) is 12.4 Å². The molecule has 0 aromatic heterocycles. The number of ether oxygens (including phenoxy) is 1. The Bertz CT molecular complexity index is 663. The highest BCUT2D eigenvalue weighted by atomic mass is 35.5. The number of phenolic OH excluding ortho intramolecular Hbond substituents is 3. The van der Waals surface area contributed by atoms with Crippen LogP contribution in [0.5, 0.6) is 23.0 Å². The van der Waals surface area contributed by atoms with Gasteiger partial charge in [0.1, 0.15) is 6.61 Å². The van der Waals surface area contributed by atoms with E-state index in [4.69, 9.17) is 4.74 Å². The summed E-state index contributed by atoms with van der Waals surface area (Å²) < 4.78 is 5.65. The number of rotatable bonds is 3. The molecule has 2 aromatic carbocycles. The quantitative estimate of drug-likeness (QED) is 0.652. The monoisotopic (exact) mass is 323 g/mol. The van der Waals surface area contributed by atoms with Gasteiger partial charge in [-0.3, -0.25) is 0 Å². The maximum Gasteiger partial charge on any atom is 0.161 e. The largest absolute Gasteiger partial charge is 0.504 e. The lowest BCUT2D eigenvalue weighted by Gasteiger charge is -2.27. The lowest BCUT2D eigenvalue weighted by atomic mass is 9.94. The van der Waals surface area contributed by atoms with Crippen molar-refractivity contribution >= 4 is 12.4 Å². The third-order valence-corrected chi connectivity index (χ3v) is 3.67. The molecule has 0 fully saturated rings. The highest BCUT2D eigenvalue weighted by Crippen LogP contribution is 2.34. The second kappa shape index (κ2) is 6.77. The highest BCUT2D eigenvalue weighted by molar-refractivity contribution is 5.85. The first kappa shape index (κ1) is 16.3. The lowest BCUT2D eigenvalue weighted by Crippen LogP contribution is -2.33. The summed E-state index contributed by atoms with van der Waals surface area (Å²) in [5.74, 6) is 0.289. The molecule has 1 heterocycles. The minimum atomic E-state index is -0.134. The highest BCUT2D eigenvalue weighted by Gasteiger charge is 2.22. The molecule has 6 heteroatoms. The maximum atomic E-state index is 9.70. The second-order valence-corrected chi connectivity index (χ2v) is 5.08. The van der Waals surface area contributed by atoms with Crippen molar-refractivity contribution in [1.82, 2.24) is 5.32 Å². The van der Waals surface area contributed by atoms with Crippen molar-refractivity contribution in [3.05, 3.63) is 47.5 Å². The lowest BCUT2D eigenvalue weighted by molar-refractivity contribution is 0.251. The molecule has 0 amide bonds. The molecule has 0 radical (unpaired) electrons. The van der Waals surface area contributed by atoms with Crippen molar-refractivity contribution in [2.45, 2.75) is 12.5 Å². The third-order valence-electron chi connectivity index (χ3n) is 3.67. The van der Waals surface area contributed by atoms with Crippen LogP contribution in [0.4, 0.5) is 0 Å². The summed E-state index contributed by atoms with van der Waals surface area (Å²) in [6.07, 6.45) is 0.788. The van der Waals surface area contributed by atoms with Gasteiger partial charge in [-0.2, -0.15) is 0 Å². The number of para-hydroxylation sites is 2. The Hall–Kier alpha value is -2.11. The Morgan fingerprint density at radius 3 is 2.55 bits per heavy atom. The number of hydrogen-bond acceptors (Lipinski definition) is 5. The Morgan fingerprint density at radius 2 is 1.77 bits per heavy atom. The topological polar surface area (TPSA) is 82.0 Å². The Morgan fingerprint density at radius 1 is 1.05 bits per heavy atom. The van der Waals surface area contributed by atoms with Crippen LogP contribution in [0, 0.1) is 0 Å². The molecule has 118 valence electrons. The van der Waals surface area contributed by atoms with Gasteiger partial charge < -0.3 is 25.4 Å². The summed E-state index contributed by atoms with van der Waals surface area (Å²) in [7, 11) is 0. The van der Waals surface area contributed by atoms with Crippen LogP contribution in [-0.4, -0.2) is 28.5 Å². The Labute approximate surface area is 134 Å². The number of halogens is 1. The maximum absolute atomic E-state index is 9.70. The Balaban J connectivity index is 0.00000176. The third kappa shape index (κ3) is 3.21. The standard InChI is InChI=1S/C16H17NO4.ClH/c18-13-3-1-2-4-16(13)21-9-12-11-8-15(20)14(19)7-10(11)5-6-17-12;/h1-4,7-8,12,17-20H,5-6,9H2;1H. The first-order valence-electron chi connectivity index (χ1n) is 6.84. The molecule has 22 heavy (non-hydrogen) atoms. The summed E-state index contributed by atoms with van der Waals surface area (Å²) in [4.78, 5) is 0. The van der Waals surface area contributed by atoms with Gasteiger partial charge in [0, 0.05) is 0 Å².